The zero-order valence-corrected chi connectivity index (χ0v) is 11.9. The molecule has 4 heteroatoms. The molecule has 0 fully saturated rings. The van der Waals surface area contributed by atoms with Crippen molar-refractivity contribution in [2.45, 2.75) is 0 Å². The third-order valence-electron chi connectivity index (χ3n) is 3.93. The van der Waals surface area contributed by atoms with Crippen LogP contribution in [0.15, 0.2) is 65.9 Å². The van der Waals surface area contributed by atoms with Crippen LogP contribution in [0.3, 0.4) is 0 Å². The molecule has 1 aromatic heterocycles. The van der Waals surface area contributed by atoms with E-state index in [1.807, 2.05) is 0 Å². The number of rotatable bonds is 1. The summed E-state index contributed by atoms with van der Waals surface area (Å²) in [4.78, 5) is 28.9. The van der Waals surface area contributed by atoms with Gasteiger partial charge < -0.3 is 0 Å². The summed E-state index contributed by atoms with van der Waals surface area (Å²) < 4.78 is 13.0. The predicted molar refractivity (Wildman–Crippen MR) is 84.2 cm³/mol. The van der Waals surface area contributed by atoms with Gasteiger partial charge in [0.1, 0.15) is 5.82 Å². The third kappa shape index (κ3) is 2.16. The van der Waals surface area contributed by atoms with E-state index in [1.165, 1.54) is 18.2 Å². The van der Waals surface area contributed by atoms with Gasteiger partial charge in [0.05, 0.1) is 5.69 Å². The van der Waals surface area contributed by atoms with Crippen molar-refractivity contribution in [2.24, 2.45) is 0 Å². The summed E-state index contributed by atoms with van der Waals surface area (Å²) in [6.45, 7) is 0. The van der Waals surface area contributed by atoms with E-state index < -0.39 is 0 Å². The number of halogens is 1. The van der Waals surface area contributed by atoms with Crippen LogP contribution < -0.4 is 0 Å². The number of carbonyl (C=O) groups is 2. The first-order valence-electron chi connectivity index (χ1n) is 7.09. The number of pyridine rings is 1. The molecule has 0 aliphatic heterocycles. The van der Waals surface area contributed by atoms with E-state index in [9.17, 15) is 14.0 Å². The summed E-state index contributed by atoms with van der Waals surface area (Å²) in [6.07, 6.45) is 7.93. The van der Waals surface area contributed by atoms with Crippen LogP contribution in [0.25, 0.3) is 17.3 Å². The van der Waals surface area contributed by atoms with Gasteiger partial charge in [-0.3, -0.25) is 14.6 Å². The first-order chi connectivity index (χ1) is 11.1. The van der Waals surface area contributed by atoms with Crippen molar-refractivity contribution in [2.75, 3.05) is 0 Å². The molecule has 4 rings (SSSR count). The van der Waals surface area contributed by atoms with E-state index in [0.717, 1.165) is 5.56 Å². The van der Waals surface area contributed by atoms with E-state index in [0.29, 0.717) is 28.0 Å². The molecule has 0 atom stereocenters. The number of nitrogens with zero attached hydrogens (tertiary/aromatic N) is 1. The Bertz CT molecular complexity index is 950. The highest BCUT2D eigenvalue weighted by molar-refractivity contribution is 6.27. The molecule has 0 radical (unpaired) electrons. The molecule has 0 bridgehead atoms. The van der Waals surface area contributed by atoms with Gasteiger partial charge in [0.2, 0.25) is 0 Å². The SMILES string of the molecule is O=C1C=CC=C2C(=O)c3cc(-c4ccc(F)cc4)ncc3C=C12. The Hall–Kier alpha value is -3.14. The molecular weight excluding hydrogens is 293 g/mol. The number of allylic oxidation sites excluding steroid dienone is 5. The lowest BCUT2D eigenvalue weighted by atomic mass is 9.83. The summed E-state index contributed by atoms with van der Waals surface area (Å²) in [5.74, 6) is -0.696. The molecule has 0 saturated carbocycles. The zero-order chi connectivity index (χ0) is 16.0. The maximum Gasteiger partial charge on any atom is 0.194 e. The zero-order valence-electron chi connectivity index (χ0n) is 11.9. The summed E-state index contributed by atoms with van der Waals surface area (Å²) >= 11 is 0. The Labute approximate surface area is 131 Å². The second kappa shape index (κ2) is 4.95. The van der Waals surface area contributed by atoms with Crippen molar-refractivity contribution >= 4 is 17.6 Å². The van der Waals surface area contributed by atoms with Crippen LogP contribution in [0.5, 0.6) is 0 Å². The minimum atomic E-state index is -0.326. The average molecular weight is 303 g/mol. The van der Waals surface area contributed by atoms with Gasteiger partial charge in [0.15, 0.2) is 11.6 Å². The van der Waals surface area contributed by atoms with Crippen molar-refractivity contribution in [1.82, 2.24) is 4.98 Å². The number of hydrogen-bond acceptors (Lipinski definition) is 3. The maximum atomic E-state index is 13.0. The molecule has 110 valence electrons. The molecule has 0 spiro atoms. The molecule has 0 N–H and O–H groups in total. The Kier molecular flexibility index (Phi) is 2.91. The number of benzene rings is 1. The fraction of sp³-hybridized carbons (Fsp3) is 0. The van der Waals surface area contributed by atoms with Gasteiger partial charge in [-0.05, 0) is 42.5 Å². The second-order valence-electron chi connectivity index (χ2n) is 5.35. The number of carbonyl (C=O) groups excluding carboxylic acids is 2. The van der Waals surface area contributed by atoms with Crippen molar-refractivity contribution < 1.29 is 14.0 Å². The normalized spacial score (nSPS) is 15.7. The lowest BCUT2D eigenvalue weighted by Gasteiger charge is -2.19. The fourth-order valence-corrected chi connectivity index (χ4v) is 2.75. The molecule has 2 aromatic rings. The highest BCUT2D eigenvalue weighted by Crippen LogP contribution is 2.32. The van der Waals surface area contributed by atoms with Gasteiger partial charge in [-0.15, -0.1) is 0 Å². The number of Topliss-reactive ketones (excluding diaryl/α,β-unsaturated/α-hetero) is 1. The van der Waals surface area contributed by atoms with Crippen molar-refractivity contribution in [3.8, 4) is 11.3 Å². The summed E-state index contributed by atoms with van der Waals surface area (Å²) in [5, 5.41) is 0. The number of fused-ring (bicyclic) bond motifs is 2. The Morgan fingerprint density at radius 3 is 2.57 bits per heavy atom. The van der Waals surface area contributed by atoms with Crippen LogP contribution in [0.2, 0.25) is 0 Å². The van der Waals surface area contributed by atoms with Gasteiger partial charge in [-0.25, -0.2) is 4.39 Å². The summed E-state index contributed by atoms with van der Waals surface area (Å²) in [6, 6.07) is 7.62. The molecule has 23 heavy (non-hydrogen) atoms. The molecule has 1 aromatic carbocycles. The number of aromatic nitrogens is 1. The van der Waals surface area contributed by atoms with E-state index in [1.54, 1.807) is 42.6 Å². The monoisotopic (exact) mass is 303 g/mol. The molecule has 0 amide bonds. The largest absolute Gasteiger partial charge is 0.289 e. The first kappa shape index (κ1) is 13.5. The van der Waals surface area contributed by atoms with Crippen LogP contribution in [0.1, 0.15) is 15.9 Å². The van der Waals surface area contributed by atoms with E-state index in [2.05, 4.69) is 4.98 Å². The Balaban J connectivity index is 1.85. The van der Waals surface area contributed by atoms with Crippen LogP contribution >= 0.6 is 0 Å². The molecule has 2 aliphatic rings. The molecule has 2 aliphatic carbocycles. The van der Waals surface area contributed by atoms with Crippen LogP contribution in [-0.4, -0.2) is 16.6 Å². The maximum absolute atomic E-state index is 13.0. The summed E-state index contributed by atoms with van der Waals surface area (Å²) in [5.41, 5.74) is 3.24. The quantitative estimate of drug-likeness (QED) is 0.809. The lowest BCUT2D eigenvalue weighted by Crippen LogP contribution is -2.18. The van der Waals surface area contributed by atoms with Crippen molar-refractivity contribution in [3.63, 3.8) is 0 Å². The highest BCUT2D eigenvalue weighted by atomic mass is 19.1. The molecule has 0 saturated heterocycles. The average Bonchev–Trinajstić information content (AvgIpc) is 2.57. The molecular formula is C19H10FNO2. The third-order valence-corrected chi connectivity index (χ3v) is 3.93. The minimum Gasteiger partial charge on any atom is -0.289 e. The lowest BCUT2D eigenvalue weighted by molar-refractivity contribution is -0.111. The second-order valence-corrected chi connectivity index (χ2v) is 5.35. The van der Waals surface area contributed by atoms with Crippen LogP contribution in [-0.2, 0) is 4.79 Å². The van der Waals surface area contributed by atoms with Gasteiger partial charge in [0.25, 0.3) is 0 Å². The predicted octanol–water partition coefficient (Wildman–Crippen LogP) is 3.53. The number of ketones is 2. The van der Waals surface area contributed by atoms with Crippen LogP contribution in [0, 0.1) is 5.82 Å². The van der Waals surface area contributed by atoms with E-state index in [-0.39, 0.29) is 17.4 Å². The molecule has 3 nitrogen and oxygen atoms in total. The van der Waals surface area contributed by atoms with Gasteiger partial charge in [-0.2, -0.15) is 0 Å². The smallest absolute Gasteiger partial charge is 0.194 e. The summed E-state index contributed by atoms with van der Waals surface area (Å²) in [7, 11) is 0. The topological polar surface area (TPSA) is 47.0 Å². The van der Waals surface area contributed by atoms with E-state index in [4.69, 9.17) is 0 Å². The standard InChI is InChI=1S/C19H10FNO2/c20-13-6-4-11(5-7-13)17-9-15-12(10-21-17)8-16-14(19(15)23)2-1-3-18(16)22/h1-10H. The van der Waals surface area contributed by atoms with E-state index >= 15 is 0 Å². The van der Waals surface area contributed by atoms with Crippen molar-refractivity contribution in [1.29, 1.82) is 0 Å². The van der Waals surface area contributed by atoms with Crippen molar-refractivity contribution in [3.05, 3.63) is 82.8 Å². The van der Waals surface area contributed by atoms with Gasteiger partial charge >= 0.3 is 0 Å². The Morgan fingerprint density at radius 2 is 1.78 bits per heavy atom. The first-order valence-corrected chi connectivity index (χ1v) is 7.09. The fourth-order valence-electron chi connectivity index (χ4n) is 2.75. The van der Waals surface area contributed by atoms with Crippen LogP contribution in [0.4, 0.5) is 4.39 Å². The molecule has 1 heterocycles. The minimum absolute atomic E-state index is 0.177. The highest BCUT2D eigenvalue weighted by Gasteiger charge is 2.28. The van der Waals surface area contributed by atoms with Gasteiger partial charge in [0, 0.05) is 34.0 Å². The van der Waals surface area contributed by atoms with Gasteiger partial charge in [-0.1, -0.05) is 12.2 Å². The number of hydrogen-bond donors (Lipinski definition) is 0. The molecule has 0 unspecified atom stereocenters. The Morgan fingerprint density at radius 1 is 1.00 bits per heavy atom.